The van der Waals surface area contributed by atoms with Crippen LogP contribution in [0.3, 0.4) is 0 Å². The van der Waals surface area contributed by atoms with E-state index in [2.05, 4.69) is 4.98 Å². The number of rotatable bonds is 1. The molecule has 0 bridgehead atoms. The Hall–Kier alpha value is -0.520. The number of halogens is 1. The minimum Gasteiger partial charge on any atom is -0.543 e. The molecule has 0 aliphatic rings. The first-order valence-electron chi connectivity index (χ1n) is 2.25. The Bertz CT molecular complexity index is 231. The molecular weight excluding hydrogens is 233 g/mol. The summed E-state index contributed by atoms with van der Waals surface area (Å²) in [4.78, 5) is 12.6. The van der Waals surface area contributed by atoms with E-state index in [0.29, 0.717) is 0 Å². The van der Waals surface area contributed by atoms with Gasteiger partial charge in [0.25, 0.3) is 0 Å². The van der Waals surface area contributed by atoms with Gasteiger partial charge in [0.1, 0.15) is 0 Å². The van der Waals surface area contributed by atoms with Crippen LogP contribution in [0.1, 0.15) is 10.5 Å². The molecule has 0 fully saturated rings. The molecular formula is C5H3INO2-. The highest BCUT2D eigenvalue weighted by molar-refractivity contribution is 14.1. The number of carboxylic acids is 1. The number of carbonyl (C=O) groups excluding carboxylic acids is 1. The monoisotopic (exact) mass is 236 g/mol. The molecule has 1 aromatic rings. The summed E-state index contributed by atoms with van der Waals surface area (Å²) in [7, 11) is 0. The van der Waals surface area contributed by atoms with Gasteiger partial charge in [-0.25, -0.2) is 0 Å². The summed E-state index contributed by atoms with van der Waals surface area (Å²) >= 11 is 2.01. The highest BCUT2D eigenvalue weighted by Crippen LogP contribution is 2.04. The van der Waals surface area contributed by atoms with Gasteiger partial charge in [-0.05, 0) is 28.7 Å². The maximum absolute atomic E-state index is 10.1. The fraction of sp³-hybridized carbons (Fsp3) is 0. The molecule has 3 nitrogen and oxygen atoms in total. The van der Waals surface area contributed by atoms with Crippen molar-refractivity contribution in [1.82, 2.24) is 4.98 Å². The Balaban J connectivity index is 2.98. The van der Waals surface area contributed by atoms with E-state index in [4.69, 9.17) is 0 Å². The molecule has 0 amide bonds. The molecule has 1 aromatic heterocycles. The summed E-state index contributed by atoms with van der Waals surface area (Å²) in [5.41, 5.74) is 0.124. The van der Waals surface area contributed by atoms with Gasteiger partial charge in [0.2, 0.25) is 0 Å². The van der Waals surface area contributed by atoms with Crippen LogP contribution in [0.25, 0.3) is 0 Å². The summed E-state index contributed by atoms with van der Waals surface area (Å²) in [5, 5.41) is 10.1. The Kier molecular flexibility index (Phi) is 1.75. The molecule has 0 aromatic carbocycles. The minimum atomic E-state index is -1.17. The van der Waals surface area contributed by atoms with Crippen LogP contribution in [0.15, 0.2) is 12.3 Å². The fourth-order valence-electron chi connectivity index (χ4n) is 0.486. The van der Waals surface area contributed by atoms with Crippen LogP contribution in [0.4, 0.5) is 0 Å². The summed E-state index contributed by atoms with van der Waals surface area (Å²) in [6.07, 6.45) is 1.60. The van der Waals surface area contributed by atoms with Crippen LogP contribution in [-0.4, -0.2) is 11.0 Å². The Morgan fingerprint density at radius 1 is 1.78 bits per heavy atom. The first kappa shape index (κ1) is 6.60. The normalized spacial score (nSPS) is 9.44. The molecule has 0 unspecified atom stereocenters. The number of hydrogen-bond acceptors (Lipinski definition) is 2. The van der Waals surface area contributed by atoms with E-state index in [-0.39, 0.29) is 5.69 Å². The van der Waals surface area contributed by atoms with Crippen molar-refractivity contribution in [2.45, 2.75) is 0 Å². The highest BCUT2D eigenvalue weighted by Gasteiger charge is 1.93. The minimum absolute atomic E-state index is 0.124. The average Bonchev–Trinajstić information content (AvgIpc) is 2.14. The largest absolute Gasteiger partial charge is 0.543 e. The number of carboxylic acid groups (broad SMARTS) is 1. The Labute approximate surface area is 65.2 Å². The third-order valence-electron chi connectivity index (χ3n) is 0.868. The van der Waals surface area contributed by atoms with Crippen LogP contribution in [0.5, 0.6) is 0 Å². The molecule has 0 aliphatic heterocycles. The van der Waals surface area contributed by atoms with Crippen molar-refractivity contribution in [3.05, 3.63) is 21.5 Å². The second kappa shape index (κ2) is 2.38. The lowest BCUT2D eigenvalue weighted by Gasteiger charge is -1.93. The number of nitrogens with one attached hydrogen (secondary N) is 1. The zero-order valence-corrected chi connectivity index (χ0v) is 6.51. The summed E-state index contributed by atoms with van der Waals surface area (Å²) < 4.78 is 0.867. The molecule has 1 heterocycles. The quantitative estimate of drug-likeness (QED) is 0.696. The van der Waals surface area contributed by atoms with Crippen molar-refractivity contribution in [2.75, 3.05) is 0 Å². The molecule has 9 heavy (non-hydrogen) atoms. The Morgan fingerprint density at radius 3 is 2.67 bits per heavy atom. The zero-order chi connectivity index (χ0) is 6.85. The van der Waals surface area contributed by atoms with Crippen molar-refractivity contribution >= 4 is 28.6 Å². The average molecular weight is 236 g/mol. The molecule has 0 aliphatic carbocycles. The molecule has 1 N–H and O–H groups in total. The highest BCUT2D eigenvalue weighted by atomic mass is 127. The number of aromatic amines is 1. The fourth-order valence-corrected chi connectivity index (χ4v) is 0.953. The molecule has 0 atom stereocenters. The van der Waals surface area contributed by atoms with Gasteiger partial charge in [-0.1, -0.05) is 0 Å². The molecule has 0 saturated heterocycles. The maximum Gasteiger partial charge on any atom is 0.0878 e. The summed E-state index contributed by atoms with van der Waals surface area (Å²) in [6, 6.07) is 1.51. The van der Waals surface area contributed by atoms with Gasteiger partial charge in [-0.2, -0.15) is 0 Å². The van der Waals surface area contributed by atoms with E-state index >= 15 is 0 Å². The van der Waals surface area contributed by atoms with Crippen molar-refractivity contribution < 1.29 is 9.90 Å². The van der Waals surface area contributed by atoms with Gasteiger partial charge in [0.15, 0.2) is 0 Å². The van der Waals surface area contributed by atoms with Crippen LogP contribution >= 0.6 is 22.6 Å². The molecule has 0 saturated carbocycles. The standard InChI is InChI=1S/C5H4INO2/c6-3-1-4(5(8)9)7-2-3/h1-2,7H,(H,8,9)/p-1. The molecule has 1 rings (SSSR count). The van der Waals surface area contributed by atoms with Gasteiger partial charge in [-0.15, -0.1) is 0 Å². The van der Waals surface area contributed by atoms with Gasteiger partial charge in [0.05, 0.1) is 11.7 Å². The van der Waals surface area contributed by atoms with Gasteiger partial charge in [0, 0.05) is 9.77 Å². The van der Waals surface area contributed by atoms with Crippen molar-refractivity contribution in [1.29, 1.82) is 0 Å². The number of aromatic carboxylic acids is 1. The van der Waals surface area contributed by atoms with Crippen molar-refractivity contribution in [3.8, 4) is 0 Å². The summed E-state index contributed by atoms with van der Waals surface area (Å²) in [5.74, 6) is -1.17. The predicted octanol–water partition coefficient (Wildman–Crippen LogP) is -0.0172. The lowest BCUT2D eigenvalue weighted by molar-refractivity contribution is -0.255. The number of carbonyl (C=O) groups is 1. The van der Waals surface area contributed by atoms with Crippen LogP contribution in [0, 0.1) is 3.57 Å². The van der Waals surface area contributed by atoms with Crippen LogP contribution < -0.4 is 5.11 Å². The first-order valence-corrected chi connectivity index (χ1v) is 3.33. The van der Waals surface area contributed by atoms with Crippen LogP contribution in [0.2, 0.25) is 0 Å². The van der Waals surface area contributed by atoms with E-state index in [1.54, 1.807) is 6.20 Å². The zero-order valence-electron chi connectivity index (χ0n) is 4.35. The molecule has 48 valence electrons. The lowest BCUT2D eigenvalue weighted by Crippen LogP contribution is -2.22. The lowest BCUT2D eigenvalue weighted by atomic mass is 10.4. The molecule has 0 spiro atoms. The number of H-pyrrole nitrogens is 1. The third kappa shape index (κ3) is 1.44. The van der Waals surface area contributed by atoms with Gasteiger partial charge < -0.3 is 14.9 Å². The van der Waals surface area contributed by atoms with E-state index < -0.39 is 5.97 Å². The van der Waals surface area contributed by atoms with Gasteiger partial charge in [-0.3, -0.25) is 0 Å². The van der Waals surface area contributed by atoms with E-state index in [1.165, 1.54) is 6.07 Å². The predicted molar refractivity (Wildman–Crippen MR) is 37.8 cm³/mol. The third-order valence-corrected chi connectivity index (χ3v) is 1.49. The number of hydrogen-bond donors (Lipinski definition) is 1. The van der Waals surface area contributed by atoms with Crippen molar-refractivity contribution in [2.24, 2.45) is 0 Å². The summed E-state index contributed by atoms with van der Waals surface area (Å²) in [6.45, 7) is 0. The topological polar surface area (TPSA) is 55.9 Å². The molecule has 4 heteroatoms. The van der Waals surface area contributed by atoms with E-state index in [1.807, 2.05) is 22.6 Å². The van der Waals surface area contributed by atoms with E-state index in [9.17, 15) is 9.90 Å². The SMILES string of the molecule is O=C([O-])c1cc(I)c[nH]1. The Morgan fingerprint density at radius 2 is 2.44 bits per heavy atom. The smallest absolute Gasteiger partial charge is 0.0878 e. The van der Waals surface area contributed by atoms with Crippen LogP contribution in [-0.2, 0) is 0 Å². The molecule has 0 radical (unpaired) electrons. The van der Waals surface area contributed by atoms with E-state index in [0.717, 1.165) is 3.57 Å². The second-order valence-electron chi connectivity index (χ2n) is 1.52. The maximum atomic E-state index is 10.1. The number of aromatic nitrogens is 1. The van der Waals surface area contributed by atoms with Crippen molar-refractivity contribution in [3.63, 3.8) is 0 Å². The second-order valence-corrected chi connectivity index (χ2v) is 2.76. The first-order chi connectivity index (χ1) is 4.20. The van der Waals surface area contributed by atoms with Gasteiger partial charge >= 0.3 is 0 Å².